The van der Waals surface area contributed by atoms with Crippen LogP contribution in [0.1, 0.15) is 36.3 Å². The maximum absolute atomic E-state index is 12.4. The number of allylic oxidation sites excluding steroid dienone is 2. The maximum atomic E-state index is 12.4. The van der Waals surface area contributed by atoms with Gasteiger partial charge in [0.05, 0.1) is 0 Å². The second-order valence-corrected chi connectivity index (χ2v) is 5.36. The SMILES string of the molecule is CC=CCc1nnc(C(=O)N2CCN3CCCC3C2)o1. The second kappa shape index (κ2) is 5.75. The van der Waals surface area contributed by atoms with Crippen LogP contribution in [-0.4, -0.2) is 58.1 Å². The summed E-state index contributed by atoms with van der Waals surface area (Å²) < 4.78 is 5.43. The zero-order chi connectivity index (χ0) is 13.9. The molecule has 2 aliphatic heterocycles. The molecule has 0 aliphatic carbocycles. The molecule has 108 valence electrons. The fraction of sp³-hybridized carbons (Fsp3) is 0.643. The fourth-order valence-corrected chi connectivity index (χ4v) is 2.95. The summed E-state index contributed by atoms with van der Waals surface area (Å²) in [5, 5.41) is 7.78. The molecular weight excluding hydrogens is 256 g/mol. The number of rotatable bonds is 3. The Morgan fingerprint density at radius 2 is 2.30 bits per heavy atom. The number of hydrogen-bond acceptors (Lipinski definition) is 5. The van der Waals surface area contributed by atoms with Crippen LogP contribution in [0.25, 0.3) is 0 Å². The van der Waals surface area contributed by atoms with Crippen molar-refractivity contribution >= 4 is 5.91 Å². The van der Waals surface area contributed by atoms with Crippen molar-refractivity contribution in [2.75, 3.05) is 26.2 Å². The minimum atomic E-state index is -0.129. The average molecular weight is 276 g/mol. The third-order valence-electron chi connectivity index (χ3n) is 4.05. The molecule has 2 fully saturated rings. The third-order valence-corrected chi connectivity index (χ3v) is 4.05. The van der Waals surface area contributed by atoms with Crippen molar-refractivity contribution in [1.82, 2.24) is 20.0 Å². The zero-order valence-corrected chi connectivity index (χ0v) is 11.8. The summed E-state index contributed by atoms with van der Waals surface area (Å²) in [7, 11) is 0. The molecule has 1 aromatic heterocycles. The van der Waals surface area contributed by atoms with Gasteiger partial charge >= 0.3 is 11.8 Å². The number of nitrogens with zero attached hydrogens (tertiary/aromatic N) is 4. The normalized spacial score (nSPS) is 23.4. The first kappa shape index (κ1) is 13.3. The van der Waals surface area contributed by atoms with Gasteiger partial charge in [0.2, 0.25) is 5.89 Å². The molecule has 6 nitrogen and oxygen atoms in total. The van der Waals surface area contributed by atoms with E-state index in [1.165, 1.54) is 19.4 Å². The number of piperazine rings is 1. The Morgan fingerprint density at radius 3 is 3.15 bits per heavy atom. The molecule has 0 N–H and O–H groups in total. The first-order chi connectivity index (χ1) is 9.78. The molecule has 0 radical (unpaired) electrons. The molecule has 0 bridgehead atoms. The summed E-state index contributed by atoms with van der Waals surface area (Å²) in [4.78, 5) is 16.7. The van der Waals surface area contributed by atoms with Gasteiger partial charge in [-0.15, -0.1) is 10.2 Å². The summed E-state index contributed by atoms with van der Waals surface area (Å²) in [6, 6.07) is 0.512. The van der Waals surface area contributed by atoms with Gasteiger partial charge in [-0.1, -0.05) is 12.2 Å². The predicted octanol–water partition coefficient (Wildman–Crippen LogP) is 1.11. The van der Waals surface area contributed by atoms with Crippen LogP contribution in [0.15, 0.2) is 16.6 Å². The van der Waals surface area contributed by atoms with E-state index < -0.39 is 0 Å². The van der Waals surface area contributed by atoms with Gasteiger partial charge < -0.3 is 9.32 Å². The van der Waals surface area contributed by atoms with Gasteiger partial charge in [-0.05, 0) is 26.3 Å². The van der Waals surface area contributed by atoms with Gasteiger partial charge in [-0.2, -0.15) is 0 Å². The van der Waals surface area contributed by atoms with Crippen molar-refractivity contribution in [2.45, 2.75) is 32.2 Å². The highest BCUT2D eigenvalue weighted by Gasteiger charge is 2.34. The molecule has 1 amide bonds. The summed E-state index contributed by atoms with van der Waals surface area (Å²) in [6.07, 6.45) is 6.85. The highest BCUT2D eigenvalue weighted by atomic mass is 16.4. The van der Waals surface area contributed by atoms with Crippen LogP contribution in [0.5, 0.6) is 0 Å². The van der Waals surface area contributed by atoms with Crippen LogP contribution in [0, 0.1) is 0 Å². The van der Waals surface area contributed by atoms with E-state index in [4.69, 9.17) is 4.42 Å². The van der Waals surface area contributed by atoms with Crippen LogP contribution in [0.3, 0.4) is 0 Å². The van der Waals surface area contributed by atoms with Gasteiger partial charge in [-0.3, -0.25) is 9.69 Å². The lowest BCUT2D eigenvalue weighted by Crippen LogP contribution is -2.52. The van der Waals surface area contributed by atoms with Gasteiger partial charge in [-0.25, -0.2) is 0 Å². The third kappa shape index (κ3) is 2.60. The molecule has 0 spiro atoms. The minimum Gasteiger partial charge on any atom is -0.417 e. The molecule has 1 unspecified atom stereocenters. The van der Waals surface area contributed by atoms with Gasteiger partial charge in [0.15, 0.2) is 0 Å². The predicted molar refractivity (Wildman–Crippen MR) is 73.3 cm³/mol. The molecule has 2 saturated heterocycles. The number of fused-ring (bicyclic) bond motifs is 1. The fourth-order valence-electron chi connectivity index (χ4n) is 2.95. The number of carbonyl (C=O) groups excluding carboxylic acids is 1. The zero-order valence-electron chi connectivity index (χ0n) is 11.8. The molecular formula is C14H20N4O2. The minimum absolute atomic E-state index is 0.121. The number of aromatic nitrogens is 2. The molecule has 2 aliphatic rings. The number of hydrogen-bond donors (Lipinski definition) is 0. The lowest BCUT2D eigenvalue weighted by Gasteiger charge is -2.36. The molecule has 6 heteroatoms. The highest BCUT2D eigenvalue weighted by molar-refractivity contribution is 5.89. The Labute approximate surface area is 118 Å². The van der Waals surface area contributed by atoms with Crippen molar-refractivity contribution in [2.24, 2.45) is 0 Å². The van der Waals surface area contributed by atoms with E-state index >= 15 is 0 Å². The Bertz CT molecular complexity index is 511. The van der Waals surface area contributed by atoms with Crippen molar-refractivity contribution in [3.8, 4) is 0 Å². The molecule has 1 atom stereocenters. The van der Waals surface area contributed by atoms with Crippen LogP contribution < -0.4 is 0 Å². The quantitative estimate of drug-likeness (QED) is 0.774. The standard InChI is InChI=1S/C14H20N4O2/c1-2-3-6-12-15-16-13(20-12)14(19)18-9-8-17-7-4-5-11(17)10-18/h2-3,11H,4-10H2,1H3. The Kier molecular flexibility index (Phi) is 3.82. The summed E-state index contributed by atoms with van der Waals surface area (Å²) in [5.41, 5.74) is 0. The largest absolute Gasteiger partial charge is 0.417 e. The summed E-state index contributed by atoms with van der Waals surface area (Å²) >= 11 is 0. The first-order valence-corrected chi connectivity index (χ1v) is 7.25. The van der Waals surface area contributed by atoms with Crippen molar-refractivity contribution < 1.29 is 9.21 Å². The smallest absolute Gasteiger partial charge is 0.311 e. The molecule has 0 saturated carbocycles. The van der Waals surface area contributed by atoms with Crippen molar-refractivity contribution in [1.29, 1.82) is 0 Å². The van der Waals surface area contributed by atoms with Crippen molar-refractivity contribution in [3.05, 3.63) is 23.9 Å². The summed E-state index contributed by atoms with van der Waals surface area (Å²) in [5.74, 6) is 0.484. The molecule has 0 aromatic carbocycles. The first-order valence-electron chi connectivity index (χ1n) is 7.25. The van der Waals surface area contributed by atoms with Crippen LogP contribution in [-0.2, 0) is 6.42 Å². The lowest BCUT2D eigenvalue weighted by atomic mass is 10.1. The average Bonchev–Trinajstić information content (AvgIpc) is 3.12. The van der Waals surface area contributed by atoms with E-state index in [2.05, 4.69) is 15.1 Å². The maximum Gasteiger partial charge on any atom is 0.311 e. The van der Waals surface area contributed by atoms with Crippen molar-refractivity contribution in [3.63, 3.8) is 0 Å². The molecule has 20 heavy (non-hydrogen) atoms. The molecule has 3 rings (SSSR count). The van der Waals surface area contributed by atoms with Crippen LogP contribution in [0.2, 0.25) is 0 Å². The Hall–Kier alpha value is -1.69. The molecule has 3 heterocycles. The number of amides is 1. The van der Waals surface area contributed by atoms with E-state index in [9.17, 15) is 4.79 Å². The van der Waals surface area contributed by atoms with Crippen LogP contribution >= 0.6 is 0 Å². The van der Waals surface area contributed by atoms with Gasteiger partial charge in [0.25, 0.3) is 0 Å². The van der Waals surface area contributed by atoms with Crippen LogP contribution in [0.4, 0.5) is 0 Å². The van der Waals surface area contributed by atoms with E-state index in [0.717, 1.165) is 19.6 Å². The van der Waals surface area contributed by atoms with E-state index in [1.54, 1.807) is 0 Å². The monoisotopic (exact) mass is 276 g/mol. The Balaban J connectivity index is 1.64. The highest BCUT2D eigenvalue weighted by Crippen LogP contribution is 2.22. The van der Waals surface area contributed by atoms with E-state index in [0.29, 0.717) is 18.4 Å². The number of carbonyl (C=O) groups is 1. The van der Waals surface area contributed by atoms with E-state index in [1.807, 2.05) is 24.0 Å². The second-order valence-electron chi connectivity index (χ2n) is 5.36. The van der Waals surface area contributed by atoms with E-state index in [-0.39, 0.29) is 11.8 Å². The topological polar surface area (TPSA) is 62.5 Å². The molecule has 1 aromatic rings. The Morgan fingerprint density at radius 1 is 1.40 bits per heavy atom. The van der Waals surface area contributed by atoms with Gasteiger partial charge in [0.1, 0.15) is 0 Å². The van der Waals surface area contributed by atoms with Gasteiger partial charge in [0, 0.05) is 32.1 Å². The lowest BCUT2D eigenvalue weighted by molar-refractivity contribution is 0.0532. The summed E-state index contributed by atoms with van der Waals surface area (Å²) in [6.45, 7) is 5.59.